The van der Waals surface area contributed by atoms with E-state index in [0.717, 1.165) is 12.8 Å². The van der Waals surface area contributed by atoms with Gasteiger partial charge in [-0.1, -0.05) is 15.9 Å². The standard InChI is InChI=1S/C6H8BrFO/c7-4-2-1-3-5(8)6(4)9/h4-5H,1-3H2/t4-,5-/m0/s1. The second kappa shape index (κ2) is 2.78. The van der Waals surface area contributed by atoms with Crippen LogP contribution in [0.5, 0.6) is 0 Å². The highest BCUT2D eigenvalue weighted by Gasteiger charge is 2.28. The van der Waals surface area contributed by atoms with Crippen molar-refractivity contribution >= 4 is 21.7 Å². The fourth-order valence-corrected chi connectivity index (χ4v) is 1.57. The van der Waals surface area contributed by atoms with Crippen LogP contribution in [-0.2, 0) is 4.79 Å². The van der Waals surface area contributed by atoms with Crippen molar-refractivity contribution in [1.29, 1.82) is 0 Å². The number of carbonyl (C=O) groups is 1. The first-order valence-electron chi connectivity index (χ1n) is 3.03. The molecule has 0 unspecified atom stereocenters. The van der Waals surface area contributed by atoms with Crippen molar-refractivity contribution in [3.05, 3.63) is 0 Å². The van der Waals surface area contributed by atoms with Gasteiger partial charge in [-0.25, -0.2) is 4.39 Å². The Morgan fingerprint density at radius 2 is 2.22 bits per heavy atom. The van der Waals surface area contributed by atoms with Crippen molar-refractivity contribution in [2.45, 2.75) is 30.3 Å². The zero-order chi connectivity index (χ0) is 6.85. The summed E-state index contributed by atoms with van der Waals surface area (Å²) >= 11 is 3.10. The molecule has 1 saturated carbocycles. The summed E-state index contributed by atoms with van der Waals surface area (Å²) in [6.07, 6.45) is 0.825. The Morgan fingerprint density at radius 1 is 1.56 bits per heavy atom. The molecule has 0 aromatic heterocycles. The largest absolute Gasteiger partial charge is 0.295 e. The Morgan fingerprint density at radius 3 is 2.67 bits per heavy atom. The van der Waals surface area contributed by atoms with E-state index in [1.807, 2.05) is 0 Å². The van der Waals surface area contributed by atoms with Gasteiger partial charge in [-0.05, 0) is 19.3 Å². The highest BCUT2D eigenvalue weighted by atomic mass is 79.9. The summed E-state index contributed by atoms with van der Waals surface area (Å²) in [4.78, 5) is 10.5. The van der Waals surface area contributed by atoms with Crippen LogP contribution in [0, 0.1) is 0 Å². The first-order chi connectivity index (χ1) is 4.22. The van der Waals surface area contributed by atoms with Gasteiger partial charge < -0.3 is 0 Å². The molecule has 52 valence electrons. The first kappa shape index (κ1) is 7.19. The molecule has 0 aromatic rings. The van der Waals surface area contributed by atoms with E-state index >= 15 is 0 Å². The maximum absolute atomic E-state index is 12.4. The molecule has 1 aliphatic rings. The number of halogens is 2. The van der Waals surface area contributed by atoms with Crippen LogP contribution in [0.15, 0.2) is 0 Å². The Kier molecular flexibility index (Phi) is 2.22. The monoisotopic (exact) mass is 194 g/mol. The molecular formula is C6H8BrFO. The number of rotatable bonds is 0. The van der Waals surface area contributed by atoms with Gasteiger partial charge in [0.25, 0.3) is 0 Å². The van der Waals surface area contributed by atoms with E-state index in [4.69, 9.17) is 0 Å². The zero-order valence-electron chi connectivity index (χ0n) is 4.94. The fourth-order valence-electron chi connectivity index (χ4n) is 0.957. The number of carbonyl (C=O) groups excluding carboxylic acids is 1. The lowest BCUT2D eigenvalue weighted by Crippen LogP contribution is -2.29. The van der Waals surface area contributed by atoms with Crippen LogP contribution in [-0.4, -0.2) is 16.8 Å². The molecule has 1 fully saturated rings. The summed E-state index contributed by atoms with van der Waals surface area (Å²) in [6, 6.07) is 0. The molecule has 0 radical (unpaired) electrons. The summed E-state index contributed by atoms with van der Waals surface area (Å²) in [5.74, 6) is -0.277. The van der Waals surface area contributed by atoms with E-state index in [0.29, 0.717) is 6.42 Å². The van der Waals surface area contributed by atoms with Gasteiger partial charge in [0.1, 0.15) is 0 Å². The van der Waals surface area contributed by atoms with E-state index in [9.17, 15) is 9.18 Å². The van der Waals surface area contributed by atoms with Crippen LogP contribution in [0.4, 0.5) is 4.39 Å². The molecule has 0 aromatic carbocycles. The molecule has 3 heteroatoms. The van der Waals surface area contributed by atoms with E-state index in [1.165, 1.54) is 0 Å². The predicted octanol–water partition coefficient (Wildman–Crippen LogP) is 1.84. The molecule has 0 saturated heterocycles. The van der Waals surface area contributed by atoms with Crippen LogP contribution in [0.2, 0.25) is 0 Å². The quantitative estimate of drug-likeness (QED) is 0.539. The molecule has 2 atom stereocenters. The lowest BCUT2D eigenvalue weighted by atomic mass is 9.98. The minimum absolute atomic E-state index is 0.221. The molecule has 1 rings (SSSR count). The van der Waals surface area contributed by atoms with Gasteiger partial charge in [-0.15, -0.1) is 0 Å². The average molecular weight is 195 g/mol. The Bertz CT molecular complexity index is 114. The number of alkyl halides is 2. The second-order valence-corrected chi connectivity index (χ2v) is 3.37. The minimum atomic E-state index is -1.21. The van der Waals surface area contributed by atoms with Crippen molar-refractivity contribution in [1.82, 2.24) is 0 Å². The van der Waals surface area contributed by atoms with E-state index in [2.05, 4.69) is 15.9 Å². The molecule has 0 heterocycles. The maximum atomic E-state index is 12.4. The summed E-state index contributed by atoms with van der Waals surface area (Å²) in [6.45, 7) is 0. The van der Waals surface area contributed by atoms with Crippen LogP contribution in [0.1, 0.15) is 19.3 Å². The number of ketones is 1. The smallest absolute Gasteiger partial charge is 0.180 e. The Balaban J connectivity index is 2.52. The number of hydrogen-bond acceptors (Lipinski definition) is 1. The van der Waals surface area contributed by atoms with Gasteiger partial charge in [0, 0.05) is 0 Å². The maximum Gasteiger partial charge on any atom is 0.180 e. The molecule has 0 spiro atoms. The first-order valence-corrected chi connectivity index (χ1v) is 3.95. The highest BCUT2D eigenvalue weighted by Crippen LogP contribution is 2.22. The Hall–Kier alpha value is 0.0800. The van der Waals surface area contributed by atoms with Crippen molar-refractivity contribution in [2.24, 2.45) is 0 Å². The van der Waals surface area contributed by atoms with Crippen LogP contribution >= 0.6 is 15.9 Å². The summed E-state index contributed by atoms with van der Waals surface area (Å²) in [7, 11) is 0. The van der Waals surface area contributed by atoms with Crippen molar-refractivity contribution in [3.8, 4) is 0 Å². The van der Waals surface area contributed by atoms with Crippen molar-refractivity contribution < 1.29 is 9.18 Å². The molecule has 0 aliphatic heterocycles. The topological polar surface area (TPSA) is 17.1 Å². The normalized spacial score (nSPS) is 36.9. The number of hydrogen-bond donors (Lipinski definition) is 0. The summed E-state index contributed by atoms with van der Waals surface area (Å²) in [5, 5.41) is 0. The molecule has 1 nitrogen and oxygen atoms in total. The second-order valence-electron chi connectivity index (χ2n) is 2.27. The molecule has 9 heavy (non-hydrogen) atoms. The lowest BCUT2D eigenvalue weighted by Gasteiger charge is -2.17. The predicted molar refractivity (Wildman–Crippen MR) is 36.5 cm³/mol. The third kappa shape index (κ3) is 1.51. The van der Waals surface area contributed by atoms with Crippen molar-refractivity contribution in [2.75, 3.05) is 0 Å². The molecule has 1 aliphatic carbocycles. The zero-order valence-corrected chi connectivity index (χ0v) is 6.53. The van der Waals surface area contributed by atoms with Gasteiger partial charge in [0.15, 0.2) is 12.0 Å². The highest BCUT2D eigenvalue weighted by molar-refractivity contribution is 9.10. The third-order valence-corrected chi connectivity index (χ3v) is 2.44. The molecular weight excluding hydrogens is 187 g/mol. The minimum Gasteiger partial charge on any atom is -0.295 e. The van der Waals surface area contributed by atoms with Gasteiger partial charge in [0.2, 0.25) is 0 Å². The van der Waals surface area contributed by atoms with E-state index in [-0.39, 0.29) is 10.6 Å². The summed E-state index contributed by atoms with van der Waals surface area (Å²) < 4.78 is 12.4. The van der Waals surface area contributed by atoms with Crippen LogP contribution < -0.4 is 0 Å². The summed E-state index contributed by atoms with van der Waals surface area (Å²) in [5.41, 5.74) is 0. The van der Waals surface area contributed by atoms with Gasteiger partial charge in [-0.3, -0.25) is 4.79 Å². The SMILES string of the molecule is O=C1[C@@H](F)CCC[C@@H]1Br. The average Bonchev–Trinajstić information content (AvgIpc) is 1.83. The lowest BCUT2D eigenvalue weighted by molar-refractivity contribution is -0.124. The van der Waals surface area contributed by atoms with Gasteiger partial charge >= 0.3 is 0 Å². The number of Topliss-reactive ketones (excluding diaryl/α,β-unsaturated/α-hetero) is 1. The van der Waals surface area contributed by atoms with Gasteiger partial charge in [-0.2, -0.15) is 0 Å². The van der Waals surface area contributed by atoms with Crippen LogP contribution in [0.25, 0.3) is 0 Å². The van der Waals surface area contributed by atoms with Crippen molar-refractivity contribution in [3.63, 3.8) is 0 Å². The van der Waals surface area contributed by atoms with E-state index in [1.54, 1.807) is 0 Å². The molecule has 0 bridgehead atoms. The van der Waals surface area contributed by atoms with Gasteiger partial charge in [0.05, 0.1) is 4.83 Å². The molecule has 0 amide bonds. The van der Waals surface area contributed by atoms with E-state index < -0.39 is 6.17 Å². The molecule has 0 N–H and O–H groups in total. The third-order valence-electron chi connectivity index (χ3n) is 1.53. The Labute approximate surface area is 61.8 Å². The van der Waals surface area contributed by atoms with Crippen LogP contribution in [0.3, 0.4) is 0 Å². The fraction of sp³-hybridized carbons (Fsp3) is 0.833.